The molecule has 1 aromatic carbocycles. The summed E-state index contributed by atoms with van der Waals surface area (Å²) in [5.41, 5.74) is 2.57. The fourth-order valence-corrected chi connectivity index (χ4v) is 1.95. The Morgan fingerprint density at radius 2 is 2.16 bits per heavy atom. The molecule has 0 aliphatic heterocycles. The number of halogens is 1. The van der Waals surface area contributed by atoms with Crippen LogP contribution in [0.15, 0.2) is 36.4 Å². The Kier molecular flexibility index (Phi) is 4.02. The normalized spacial score (nSPS) is 10.2. The van der Waals surface area contributed by atoms with Gasteiger partial charge >= 0.3 is 5.97 Å². The number of hydrogen-bond acceptors (Lipinski definition) is 3. The van der Waals surface area contributed by atoms with Crippen LogP contribution in [0.4, 0.5) is 5.69 Å². The van der Waals surface area contributed by atoms with Gasteiger partial charge in [0.05, 0.1) is 22.9 Å². The first kappa shape index (κ1) is 13.4. The minimum absolute atomic E-state index is 0.0364. The molecule has 2 aromatic rings. The number of carboxylic acid groups (broad SMARTS) is 1. The predicted molar refractivity (Wildman–Crippen MR) is 74.7 cm³/mol. The monoisotopic (exact) mass is 276 g/mol. The molecule has 0 saturated carbocycles. The molecule has 2 rings (SSSR count). The van der Waals surface area contributed by atoms with Crippen molar-refractivity contribution in [3.05, 3.63) is 58.4 Å². The number of benzene rings is 1. The molecule has 0 atom stereocenters. The van der Waals surface area contributed by atoms with Crippen LogP contribution in [0, 0.1) is 6.92 Å². The van der Waals surface area contributed by atoms with Gasteiger partial charge in [-0.2, -0.15) is 0 Å². The van der Waals surface area contributed by atoms with E-state index in [0.717, 1.165) is 11.3 Å². The number of rotatable bonds is 4. The number of aromatic nitrogens is 1. The molecular weight excluding hydrogens is 264 g/mol. The van der Waals surface area contributed by atoms with Crippen LogP contribution < -0.4 is 5.32 Å². The standard InChI is InChI=1S/C14H13ClN2O2/c1-9-5-6-12(11(15)7-9)16-8-10-3-2-4-13(17-10)14(18)19/h2-7,16H,8H2,1H3,(H,18,19). The van der Waals surface area contributed by atoms with Gasteiger partial charge in [0.15, 0.2) is 0 Å². The first-order valence-electron chi connectivity index (χ1n) is 5.75. The molecule has 4 nitrogen and oxygen atoms in total. The lowest BCUT2D eigenvalue weighted by Gasteiger charge is -2.09. The van der Waals surface area contributed by atoms with E-state index in [9.17, 15) is 4.79 Å². The van der Waals surface area contributed by atoms with Crippen molar-refractivity contribution >= 4 is 23.3 Å². The maximum absolute atomic E-state index is 10.8. The fraction of sp³-hybridized carbons (Fsp3) is 0.143. The molecule has 98 valence electrons. The Bertz CT molecular complexity index is 614. The van der Waals surface area contributed by atoms with Crippen molar-refractivity contribution < 1.29 is 9.90 Å². The second-order valence-electron chi connectivity index (χ2n) is 4.16. The molecular formula is C14H13ClN2O2. The van der Waals surface area contributed by atoms with Crippen LogP contribution in [0.25, 0.3) is 0 Å². The number of nitrogens with one attached hydrogen (secondary N) is 1. The van der Waals surface area contributed by atoms with Gasteiger partial charge in [0.2, 0.25) is 0 Å². The summed E-state index contributed by atoms with van der Waals surface area (Å²) < 4.78 is 0. The van der Waals surface area contributed by atoms with E-state index in [1.807, 2.05) is 25.1 Å². The topological polar surface area (TPSA) is 62.2 Å². The van der Waals surface area contributed by atoms with E-state index in [4.69, 9.17) is 16.7 Å². The second kappa shape index (κ2) is 5.71. The van der Waals surface area contributed by atoms with Gasteiger partial charge in [-0.1, -0.05) is 23.7 Å². The van der Waals surface area contributed by atoms with Crippen molar-refractivity contribution in [2.45, 2.75) is 13.5 Å². The molecule has 2 N–H and O–H groups in total. The summed E-state index contributed by atoms with van der Waals surface area (Å²) in [5.74, 6) is -1.03. The average molecular weight is 277 g/mol. The van der Waals surface area contributed by atoms with Gasteiger partial charge in [0, 0.05) is 0 Å². The first-order chi connectivity index (χ1) is 9.06. The molecule has 0 spiro atoms. The number of carboxylic acids is 1. The molecule has 1 heterocycles. The molecule has 0 fully saturated rings. The highest BCUT2D eigenvalue weighted by Gasteiger charge is 2.05. The van der Waals surface area contributed by atoms with E-state index >= 15 is 0 Å². The Labute approximate surface area is 116 Å². The first-order valence-corrected chi connectivity index (χ1v) is 6.13. The smallest absolute Gasteiger partial charge is 0.354 e. The van der Waals surface area contributed by atoms with Crippen molar-refractivity contribution in [1.82, 2.24) is 4.98 Å². The number of nitrogens with zero attached hydrogens (tertiary/aromatic N) is 1. The lowest BCUT2D eigenvalue weighted by Crippen LogP contribution is -2.06. The molecule has 0 amide bonds. The highest BCUT2D eigenvalue weighted by atomic mass is 35.5. The third kappa shape index (κ3) is 3.45. The summed E-state index contributed by atoms with van der Waals surface area (Å²) in [6.07, 6.45) is 0. The minimum Gasteiger partial charge on any atom is -0.477 e. The van der Waals surface area contributed by atoms with Crippen molar-refractivity contribution in [2.24, 2.45) is 0 Å². The molecule has 0 unspecified atom stereocenters. The molecule has 5 heteroatoms. The number of anilines is 1. The van der Waals surface area contributed by atoms with Gasteiger partial charge in [0.25, 0.3) is 0 Å². The van der Waals surface area contributed by atoms with Gasteiger partial charge in [-0.25, -0.2) is 9.78 Å². The fourth-order valence-electron chi connectivity index (χ4n) is 1.65. The van der Waals surface area contributed by atoms with Gasteiger partial charge in [-0.3, -0.25) is 0 Å². The SMILES string of the molecule is Cc1ccc(NCc2cccc(C(=O)O)n2)c(Cl)c1. The van der Waals surface area contributed by atoms with E-state index in [2.05, 4.69) is 10.3 Å². The molecule has 19 heavy (non-hydrogen) atoms. The third-order valence-corrected chi connectivity index (χ3v) is 2.92. The number of aryl methyl sites for hydroxylation is 1. The van der Waals surface area contributed by atoms with Gasteiger partial charge in [0.1, 0.15) is 5.69 Å². The summed E-state index contributed by atoms with van der Waals surface area (Å²) in [7, 11) is 0. The molecule has 0 aliphatic rings. The number of pyridine rings is 1. The van der Waals surface area contributed by atoms with Crippen molar-refractivity contribution in [2.75, 3.05) is 5.32 Å². The maximum atomic E-state index is 10.8. The van der Waals surface area contributed by atoms with Crippen LogP contribution in [0.5, 0.6) is 0 Å². The molecule has 0 saturated heterocycles. The molecule has 0 radical (unpaired) electrons. The zero-order valence-corrected chi connectivity index (χ0v) is 11.1. The van der Waals surface area contributed by atoms with Gasteiger partial charge in [-0.15, -0.1) is 0 Å². The van der Waals surface area contributed by atoms with E-state index in [1.165, 1.54) is 6.07 Å². The van der Waals surface area contributed by atoms with Crippen LogP contribution in [0.2, 0.25) is 5.02 Å². The molecule has 0 aliphatic carbocycles. The maximum Gasteiger partial charge on any atom is 0.354 e. The molecule has 0 bridgehead atoms. The minimum atomic E-state index is -1.03. The summed E-state index contributed by atoms with van der Waals surface area (Å²) in [6.45, 7) is 2.39. The third-order valence-electron chi connectivity index (χ3n) is 2.61. The number of hydrogen-bond donors (Lipinski definition) is 2. The Morgan fingerprint density at radius 1 is 1.37 bits per heavy atom. The lowest BCUT2D eigenvalue weighted by molar-refractivity contribution is 0.0690. The van der Waals surface area contributed by atoms with E-state index in [0.29, 0.717) is 17.3 Å². The quantitative estimate of drug-likeness (QED) is 0.899. The average Bonchev–Trinajstić information content (AvgIpc) is 2.38. The Hall–Kier alpha value is -2.07. The van der Waals surface area contributed by atoms with Crippen LogP contribution in [0.3, 0.4) is 0 Å². The highest BCUT2D eigenvalue weighted by molar-refractivity contribution is 6.33. The molecule has 1 aromatic heterocycles. The Balaban J connectivity index is 2.10. The van der Waals surface area contributed by atoms with E-state index in [1.54, 1.807) is 12.1 Å². The zero-order chi connectivity index (χ0) is 13.8. The highest BCUT2D eigenvalue weighted by Crippen LogP contribution is 2.23. The van der Waals surface area contributed by atoms with Crippen LogP contribution in [-0.4, -0.2) is 16.1 Å². The van der Waals surface area contributed by atoms with Crippen molar-refractivity contribution in [3.8, 4) is 0 Å². The summed E-state index contributed by atoms with van der Waals surface area (Å²) >= 11 is 6.10. The van der Waals surface area contributed by atoms with Crippen LogP contribution in [0.1, 0.15) is 21.7 Å². The van der Waals surface area contributed by atoms with Gasteiger partial charge in [-0.05, 0) is 36.8 Å². The summed E-state index contributed by atoms with van der Waals surface area (Å²) in [6, 6.07) is 10.6. The van der Waals surface area contributed by atoms with E-state index < -0.39 is 5.97 Å². The number of carbonyl (C=O) groups is 1. The largest absolute Gasteiger partial charge is 0.477 e. The van der Waals surface area contributed by atoms with Crippen molar-refractivity contribution in [3.63, 3.8) is 0 Å². The van der Waals surface area contributed by atoms with Crippen LogP contribution in [-0.2, 0) is 6.54 Å². The van der Waals surface area contributed by atoms with Gasteiger partial charge < -0.3 is 10.4 Å². The Morgan fingerprint density at radius 3 is 2.84 bits per heavy atom. The second-order valence-corrected chi connectivity index (χ2v) is 4.56. The number of aromatic carboxylic acids is 1. The van der Waals surface area contributed by atoms with Crippen molar-refractivity contribution in [1.29, 1.82) is 0 Å². The zero-order valence-electron chi connectivity index (χ0n) is 10.4. The summed E-state index contributed by atoms with van der Waals surface area (Å²) in [5, 5.41) is 12.6. The lowest BCUT2D eigenvalue weighted by atomic mass is 10.2. The van der Waals surface area contributed by atoms with Crippen LogP contribution >= 0.6 is 11.6 Å². The predicted octanol–water partition coefficient (Wildman–Crippen LogP) is 3.35. The van der Waals surface area contributed by atoms with E-state index in [-0.39, 0.29) is 5.69 Å². The summed E-state index contributed by atoms with van der Waals surface area (Å²) in [4.78, 5) is 14.8.